The molecule has 0 fully saturated rings. The lowest BCUT2D eigenvalue weighted by Gasteiger charge is -2.22. The maximum Gasteiger partial charge on any atom is 0.325 e. The lowest BCUT2D eigenvalue weighted by molar-refractivity contribution is -0.141. The van der Waals surface area contributed by atoms with Gasteiger partial charge in [-0.3, -0.25) is 19.2 Å². The van der Waals surface area contributed by atoms with Gasteiger partial charge in [-0.2, -0.15) is 0 Å². The SMILES string of the molecule is CC(NC(=O)C(Cc1cnc[nH]1)NC(=O)C(CO)NC(=O)CN)C(=O)O. The van der Waals surface area contributed by atoms with Crippen molar-refractivity contribution in [1.29, 1.82) is 0 Å². The lowest BCUT2D eigenvalue weighted by Crippen LogP contribution is -2.57. The maximum absolute atomic E-state index is 12.3. The summed E-state index contributed by atoms with van der Waals surface area (Å²) in [5, 5.41) is 25.0. The van der Waals surface area contributed by atoms with Crippen molar-refractivity contribution in [3.63, 3.8) is 0 Å². The number of amides is 3. The number of carboxylic acid groups (broad SMARTS) is 1. The molecule has 0 spiro atoms. The summed E-state index contributed by atoms with van der Waals surface area (Å²) >= 11 is 0. The molecule has 3 unspecified atom stereocenters. The number of carbonyl (C=O) groups excluding carboxylic acids is 3. The zero-order valence-electron chi connectivity index (χ0n) is 14.1. The molecule has 3 atom stereocenters. The number of aromatic amines is 1. The number of carbonyl (C=O) groups is 4. The van der Waals surface area contributed by atoms with Crippen LogP contribution in [0.1, 0.15) is 12.6 Å². The van der Waals surface area contributed by atoms with Gasteiger partial charge in [0.1, 0.15) is 18.1 Å². The van der Waals surface area contributed by atoms with Crippen molar-refractivity contribution < 1.29 is 29.4 Å². The monoisotopic (exact) mass is 370 g/mol. The third-order valence-electron chi connectivity index (χ3n) is 3.36. The van der Waals surface area contributed by atoms with E-state index in [-0.39, 0.29) is 13.0 Å². The minimum atomic E-state index is -1.31. The molecule has 1 aromatic heterocycles. The Hall–Kier alpha value is -2.99. The molecule has 0 saturated heterocycles. The van der Waals surface area contributed by atoms with Gasteiger partial charge in [0.25, 0.3) is 0 Å². The van der Waals surface area contributed by atoms with Gasteiger partial charge in [0.15, 0.2) is 0 Å². The van der Waals surface area contributed by atoms with E-state index in [2.05, 4.69) is 25.9 Å². The van der Waals surface area contributed by atoms with Crippen LogP contribution in [0, 0.1) is 0 Å². The van der Waals surface area contributed by atoms with Crippen LogP contribution in [-0.2, 0) is 25.6 Å². The number of H-pyrrole nitrogens is 1. The van der Waals surface area contributed by atoms with Gasteiger partial charge in [-0.15, -0.1) is 0 Å². The second-order valence-electron chi connectivity index (χ2n) is 5.42. The van der Waals surface area contributed by atoms with Crippen molar-refractivity contribution in [2.45, 2.75) is 31.5 Å². The first-order chi connectivity index (χ1) is 12.3. The number of hydrogen-bond donors (Lipinski definition) is 7. The largest absolute Gasteiger partial charge is 0.480 e. The summed E-state index contributed by atoms with van der Waals surface area (Å²) in [4.78, 5) is 53.3. The first kappa shape index (κ1) is 21.1. The van der Waals surface area contributed by atoms with Crippen LogP contribution in [0.2, 0.25) is 0 Å². The highest BCUT2D eigenvalue weighted by molar-refractivity contribution is 5.93. The van der Waals surface area contributed by atoms with Gasteiger partial charge in [0, 0.05) is 18.3 Å². The normalized spacial score (nSPS) is 14.0. The van der Waals surface area contributed by atoms with Crippen LogP contribution in [0.4, 0.5) is 0 Å². The Morgan fingerprint density at radius 3 is 2.35 bits per heavy atom. The Balaban J connectivity index is 2.86. The van der Waals surface area contributed by atoms with Gasteiger partial charge in [0.05, 0.1) is 19.5 Å². The standard InChI is InChI=1S/C14H22N6O6/c1-7(14(25)26)18-12(23)9(2-8-4-16-6-17-8)20-13(24)10(5-21)19-11(22)3-15/h4,6-7,9-10,21H,2-3,5,15H2,1H3,(H,16,17)(H,18,23)(H,19,22)(H,20,24)(H,25,26). The second kappa shape index (κ2) is 10.1. The molecule has 1 heterocycles. The maximum atomic E-state index is 12.3. The molecule has 1 rings (SSSR count). The number of aliphatic hydroxyl groups excluding tert-OH is 1. The highest BCUT2D eigenvalue weighted by atomic mass is 16.4. The molecule has 0 saturated carbocycles. The summed E-state index contributed by atoms with van der Waals surface area (Å²) in [7, 11) is 0. The van der Waals surface area contributed by atoms with Crippen molar-refractivity contribution in [3.05, 3.63) is 18.2 Å². The van der Waals surface area contributed by atoms with Crippen LogP contribution in [0.25, 0.3) is 0 Å². The third-order valence-corrected chi connectivity index (χ3v) is 3.36. The number of nitrogens with one attached hydrogen (secondary N) is 4. The van der Waals surface area contributed by atoms with Gasteiger partial charge in [-0.1, -0.05) is 0 Å². The summed E-state index contributed by atoms with van der Waals surface area (Å²) in [6.45, 7) is 0.187. The molecule has 12 nitrogen and oxygen atoms in total. The number of nitrogens with two attached hydrogens (primary N) is 1. The summed E-state index contributed by atoms with van der Waals surface area (Å²) in [6, 6.07) is -3.64. The molecule has 3 amide bonds. The van der Waals surface area contributed by atoms with Crippen LogP contribution in [-0.4, -0.2) is 75.1 Å². The van der Waals surface area contributed by atoms with Crippen LogP contribution in [0.3, 0.4) is 0 Å². The molecule has 0 aliphatic heterocycles. The number of rotatable bonds is 10. The molecule has 0 radical (unpaired) electrons. The van der Waals surface area contributed by atoms with Crippen molar-refractivity contribution in [3.8, 4) is 0 Å². The number of nitrogens with zero attached hydrogens (tertiary/aromatic N) is 1. The van der Waals surface area contributed by atoms with Crippen LogP contribution < -0.4 is 21.7 Å². The van der Waals surface area contributed by atoms with E-state index in [0.29, 0.717) is 5.69 Å². The highest BCUT2D eigenvalue weighted by Gasteiger charge is 2.28. The minimum absolute atomic E-state index is 0.00705. The molecule has 26 heavy (non-hydrogen) atoms. The quantitative estimate of drug-likeness (QED) is 0.219. The predicted octanol–water partition coefficient (Wildman–Crippen LogP) is -3.54. The Kier molecular flexibility index (Phi) is 8.18. The summed E-state index contributed by atoms with van der Waals surface area (Å²) < 4.78 is 0. The molecule has 0 bridgehead atoms. The van der Waals surface area contributed by atoms with Crippen molar-refractivity contribution in [1.82, 2.24) is 25.9 Å². The molecule has 1 aromatic rings. The van der Waals surface area contributed by atoms with E-state index in [4.69, 9.17) is 10.8 Å². The van der Waals surface area contributed by atoms with Gasteiger partial charge in [-0.25, -0.2) is 4.98 Å². The third kappa shape index (κ3) is 6.49. The van der Waals surface area contributed by atoms with E-state index in [1.54, 1.807) is 0 Å². The summed E-state index contributed by atoms with van der Waals surface area (Å²) in [5.74, 6) is -3.47. The predicted molar refractivity (Wildman–Crippen MR) is 87.5 cm³/mol. The first-order valence-electron chi connectivity index (χ1n) is 7.69. The minimum Gasteiger partial charge on any atom is -0.480 e. The molecule has 12 heteroatoms. The number of aromatic nitrogens is 2. The molecule has 144 valence electrons. The molecular weight excluding hydrogens is 348 g/mol. The Morgan fingerprint density at radius 2 is 1.85 bits per heavy atom. The summed E-state index contributed by atoms with van der Waals surface area (Å²) in [5.41, 5.74) is 5.66. The topological polar surface area (TPSA) is 200 Å². The lowest BCUT2D eigenvalue weighted by atomic mass is 10.1. The van der Waals surface area contributed by atoms with E-state index in [1.165, 1.54) is 19.4 Å². The number of hydrogen-bond acceptors (Lipinski definition) is 7. The smallest absolute Gasteiger partial charge is 0.325 e. The molecule has 0 aromatic carbocycles. The Labute approximate surface area is 148 Å². The zero-order chi connectivity index (χ0) is 19.7. The van der Waals surface area contributed by atoms with E-state index in [1.807, 2.05) is 0 Å². The Bertz CT molecular complexity index is 634. The molecule has 0 aliphatic rings. The van der Waals surface area contributed by atoms with E-state index in [9.17, 15) is 24.3 Å². The fourth-order valence-electron chi connectivity index (χ4n) is 1.92. The number of aliphatic hydroxyl groups is 1. The summed E-state index contributed by atoms with van der Waals surface area (Å²) in [6.07, 6.45) is 2.81. The Morgan fingerprint density at radius 1 is 1.19 bits per heavy atom. The number of aliphatic carboxylic acids is 1. The van der Waals surface area contributed by atoms with Gasteiger partial charge >= 0.3 is 5.97 Å². The molecule has 8 N–H and O–H groups in total. The van der Waals surface area contributed by atoms with Crippen molar-refractivity contribution in [2.24, 2.45) is 5.73 Å². The van der Waals surface area contributed by atoms with Gasteiger partial charge in [-0.05, 0) is 6.92 Å². The van der Waals surface area contributed by atoms with E-state index >= 15 is 0 Å². The zero-order valence-corrected chi connectivity index (χ0v) is 14.1. The molecular formula is C14H22N6O6. The van der Waals surface area contributed by atoms with Crippen molar-refractivity contribution in [2.75, 3.05) is 13.2 Å². The fraction of sp³-hybridized carbons (Fsp3) is 0.500. The van der Waals surface area contributed by atoms with Crippen LogP contribution in [0.5, 0.6) is 0 Å². The molecule has 0 aliphatic carbocycles. The van der Waals surface area contributed by atoms with E-state index < -0.39 is 48.4 Å². The highest BCUT2D eigenvalue weighted by Crippen LogP contribution is 2.01. The van der Waals surface area contributed by atoms with Crippen molar-refractivity contribution >= 4 is 23.7 Å². The average molecular weight is 370 g/mol. The van der Waals surface area contributed by atoms with Crippen LogP contribution >= 0.6 is 0 Å². The van der Waals surface area contributed by atoms with Gasteiger partial charge in [0.2, 0.25) is 17.7 Å². The van der Waals surface area contributed by atoms with Crippen LogP contribution in [0.15, 0.2) is 12.5 Å². The fourth-order valence-corrected chi connectivity index (χ4v) is 1.92. The second-order valence-corrected chi connectivity index (χ2v) is 5.42. The van der Waals surface area contributed by atoms with Gasteiger partial charge < -0.3 is 36.9 Å². The van der Waals surface area contributed by atoms with E-state index in [0.717, 1.165) is 0 Å². The first-order valence-corrected chi connectivity index (χ1v) is 7.69. The number of imidazole rings is 1. The average Bonchev–Trinajstić information content (AvgIpc) is 3.11. The number of carboxylic acids is 1.